The minimum absolute atomic E-state index is 0.235. The quantitative estimate of drug-likeness (QED) is 0.790. The summed E-state index contributed by atoms with van der Waals surface area (Å²) in [5.41, 5.74) is 0.621. The molecule has 0 aliphatic carbocycles. The van der Waals surface area contributed by atoms with Crippen LogP contribution < -0.4 is 10.1 Å². The molecule has 2 aromatic rings. The third-order valence-electron chi connectivity index (χ3n) is 2.86. The number of hydrogen-bond donors (Lipinski definition) is 1. The molecule has 1 amide bonds. The normalized spacial score (nSPS) is 10.4. The Morgan fingerprint density at radius 1 is 1.48 bits per heavy atom. The lowest BCUT2D eigenvalue weighted by Crippen LogP contribution is -2.25. The molecule has 0 bridgehead atoms. The van der Waals surface area contributed by atoms with Gasteiger partial charge in [0.2, 0.25) is 5.76 Å². The molecule has 6 nitrogen and oxygen atoms in total. The molecule has 0 aliphatic rings. The average Bonchev–Trinajstić information content (AvgIpc) is 2.89. The second-order valence-electron chi connectivity index (χ2n) is 4.52. The standard InChI is InChI=1S/C15H19N3O3/c1-3-13-18-11(2)14(21-13)15(19)17-8-5-9-20-12-6-4-7-16-10-12/h4,6-7,10H,3,5,8-9H2,1-2H3,(H,17,19). The van der Waals surface area contributed by atoms with Crippen molar-refractivity contribution in [2.75, 3.05) is 13.2 Å². The number of ether oxygens (including phenoxy) is 1. The molecule has 2 rings (SSSR count). The number of oxazole rings is 1. The Hall–Kier alpha value is -2.37. The first kappa shape index (κ1) is 15.0. The van der Waals surface area contributed by atoms with Crippen LogP contribution in [0, 0.1) is 6.92 Å². The summed E-state index contributed by atoms with van der Waals surface area (Å²) in [6, 6.07) is 3.66. The highest BCUT2D eigenvalue weighted by Crippen LogP contribution is 2.10. The van der Waals surface area contributed by atoms with Crippen molar-refractivity contribution in [2.45, 2.75) is 26.7 Å². The summed E-state index contributed by atoms with van der Waals surface area (Å²) in [7, 11) is 0. The maximum Gasteiger partial charge on any atom is 0.289 e. The van der Waals surface area contributed by atoms with E-state index in [1.807, 2.05) is 19.1 Å². The van der Waals surface area contributed by atoms with Crippen LogP contribution in [0.2, 0.25) is 0 Å². The van der Waals surface area contributed by atoms with E-state index in [0.717, 1.165) is 5.75 Å². The summed E-state index contributed by atoms with van der Waals surface area (Å²) in [4.78, 5) is 20.1. The van der Waals surface area contributed by atoms with Gasteiger partial charge in [-0.1, -0.05) is 6.92 Å². The smallest absolute Gasteiger partial charge is 0.289 e. The summed E-state index contributed by atoms with van der Waals surface area (Å²) in [5.74, 6) is 1.36. The Morgan fingerprint density at radius 2 is 2.33 bits per heavy atom. The number of nitrogens with zero attached hydrogens (tertiary/aromatic N) is 2. The molecule has 21 heavy (non-hydrogen) atoms. The van der Waals surface area contributed by atoms with E-state index in [2.05, 4.69) is 15.3 Å². The maximum absolute atomic E-state index is 11.9. The van der Waals surface area contributed by atoms with Crippen LogP contribution in [-0.4, -0.2) is 29.0 Å². The molecule has 1 N–H and O–H groups in total. The lowest BCUT2D eigenvalue weighted by Gasteiger charge is -2.06. The summed E-state index contributed by atoms with van der Waals surface area (Å²) < 4.78 is 10.9. The zero-order valence-corrected chi connectivity index (χ0v) is 12.3. The molecule has 0 atom stereocenters. The van der Waals surface area contributed by atoms with Crippen LogP contribution in [0.5, 0.6) is 5.75 Å². The van der Waals surface area contributed by atoms with Gasteiger partial charge in [-0.15, -0.1) is 0 Å². The van der Waals surface area contributed by atoms with Crippen molar-refractivity contribution in [1.82, 2.24) is 15.3 Å². The molecule has 2 heterocycles. The molecule has 2 aromatic heterocycles. The van der Waals surface area contributed by atoms with Gasteiger partial charge in [0.05, 0.1) is 18.5 Å². The number of pyridine rings is 1. The van der Waals surface area contributed by atoms with E-state index in [9.17, 15) is 4.79 Å². The average molecular weight is 289 g/mol. The fourth-order valence-corrected chi connectivity index (χ4v) is 1.79. The van der Waals surface area contributed by atoms with Crippen LogP contribution in [0.25, 0.3) is 0 Å². The Morgan fingerprint density at radius 3 is 3.00 bits per heavy atom. The number of rotatable bonds is 7. The van der Waals surface area contributed by atoms with Crippen LogP contribution in [0.3, 0.4) is 0 Å². The lowest BCUT2D eigenvalue weighted by molar-refractivity contribution is 0.0921. The van der Waals surface area contributed by atoms with Crippen molar-refractivity contribution in [3.63, 3.8) is 0 Å². The van der Waals surface area contributed by atoms with Crippen LogP contribution >= 0.6 is 0 Å². The van der Waals surface area contributed by atoms with E-state index in [1.165, 1.54) is 0 Å². The van der Waals surface area contributed by atoms with Gasteiger partial charge < -0.3 is 14.5 Å². The highest BCUT2D eigenvalue weighted by Gasteiger charge is 2.15. The van der Waals surface area contributed by atoms with Crippen LogP contribution in [0.4, 0.5) is 0 Å². The highest BCUT2D eigenvalue weighted by molar-refractivity contribution is 5.92. The number of nitrogens with one attached hydrogen (secondary N) is 1. The molecule has 0 aliphatic heterocycles. The second kappa shape index (κ2) is 7.42. The third kappa shape index (κ3) is 4.30. The summed E-state index contributed by atoms with van der Waals surface area (Å²) in [5, 5.41) is 2.80. The predicted octanol–water partition coefficient (Wildman–Crippen LogP) is 2.14. The van der Waals surface area contributed by atoms with E-state index in [0.29, 0.717) is 43.3 Å². The SMILES string of the molecule is CCc1nc(C)c(C(=O)NCCCOc2cccnc2)o1. The summed E-state index contributed by atoms with van der Waals surface area (Å²) >= 11 is 0. The van der Waals surface area contributed by atoms with Crippen molar-refractivity contribution in [3.05, 3.63) is 41.9 Å². The largest absolute Gasteiger partial charge is 0.492 e. The van der Waals surface area contributed by atoms with Crippen LogP contribution in [0.1, 0.15) is 35.5 Å². The lowest BCUT2D eigenvalue weighted by atomic mass is 10.3. The number of aryl methyl sites for hydroxylation is 2. The van der Waals surface area contributed by atoms with Gasteiger partial charge in [0.1, 0.15) is 5.75 Å². The number of carbonyl (C=O) groups excluding carboxylic acids is 1. The minimum Gasteiger partial charge on any atom is -0.492 e. The molecule has 0 saturated carbocycles. The van der Waals surface area contributed by atoms with Gasteiger partial charge in [-0.25, -0.2) is 4.98 Å². The number of hydrogen-bond acceptors (Lipinski definition) is 5. The molecular formula is C15H19N3O3. The first-order valence-corrected chi connectivity index (χ1v) is 6.98. The van der Waals surface area contributed by atoms with Gasteiger partial charge in [0.25, 0.3) is 5.91 Å². The highest BCUT2D eigenvalue weighted by atomic mass is 16.5. The zero-order valence-electron chi connectivity index (χ0n) is 12.3. The number of carbonyl (C=O) groups is 1. The van der Waals surface area contributed by atoms with Gasteiger partial charge in [-0.2, -0.15) is 0 Å². The molecule has 0 spiro atoms. The van der Waals surface area contributed by atoms with Crippen LogP contribution in [-0.2, 0) is 6.42 Å². The summed E-state index contributed by atoms with van der Waals surface area (Å²) in [6.07, 6.45) is 4.72. The first-order valence-electron chi connectivity index (χ1n) is 6.98. The van der Waals surface area contributed by atoms with Gasteiger partial charge >= 0.3 is 0 Å². The second-order valence-corrected chi connectivity index (χ2v) is 4.52. The predicted molar refractivity (Wildman–Crippen MR) is 77.3 cm³/mol. The van der Waals surface area contributed by atoms with Crippen LogP contribution in [0.15, 0.2) is 28.9 Å². The number of amides is 1. The Labute approximate surface area is 123 Å². The zero-order chi connectivity index (χ0) is 15.1. The van der Waals surface area contributed by atoms with Crippen molar-refractivity contribution in [1.29, 1.82) is 0 Å². The monoisotopic (exact) mass is 289 g/mol. The fourth-order valence-electron chi connectivity index (χ4n) is 1.79. The van der Waals surface area contributed by atoms with E-state index in [4.69, 9.17) is 9.15 Å². The van der Waals surface area contributed by atoms with Gasteiger partial charge in [-0.05, 0) is 25.5 Å². The Balaban J connectivity index is 1.71. The molecule has 0 radical (unpaired) electrons. The van der Waals surface area contributed by atoms with Crippen molar-refractivity contribution in [3.8, 4) is 5.75 Å². The molecular weight excluding hydrogens is 270 g/mol. The third-order valence-corrected chi connectivity index (χ3v) is 2.86. The fraction of sp³-hybridized carbons (Fsp3) is 0.400. The topological polar surface area (TPSA) is 77.2 Å². The van der Waals surface area contributed by atoms with Gasteiger partial charge in [0, 0.05) is 19.2 Å². The number of aromatic nitrogens is 2. The first-order chi connectivity index (χ1) is 10.2. The van der Waals surface area contributed by atoms with E-state index < -0.39 is 0 Å². The van der Waals surface area contributed by atoms with E-state index in [-0.39, 0.29) is 5.91 Å². The molecule has 0 aromatic carbocycles. The van der Waals surface area contributed by atoms with Gasteiger partial charge in [-0.3, -0.25) is 9.78 Å². The Bertz CT molecular complexity index is 581. The van der Waals surface area contributed by atoms with E-state index >= 15 is 0 Å². The molecule has 0 unspecified atom stereocenters. The van der Waals surface area contributed by atoms with Crippen molar-refractivity contribution >= 4 is 5.91 Å². The molecule has 6 heteroatoms. The van der Waals surface area contributed by atoms with Gasteiger partial charge in [0.15, 0.2) is 5.89 Å². The van der Waals surface area contributed by atoms with Crippen molar-refractivity contribution < 1.29 is 13.9 Å². The Kier molecular flexibility index (Phi) is 5.31. The van der Waals surface area contributed by atoms with E-state index in [1.54, 1.807) is 19.3 Å². The minimum atomic E-state index is -0.235. The summed E-state index contributed by atoms with van der Waals surface area (Å²) in [6.45, 7) is 4.73. The molecule has 112 valence electrons. The maximum atomic E-state index is 11.9. The molecule has 0 saturated heterocycles. The van der Waals surface area contributed by atoms with Crippen molar-refractivity contribution in [2.24, 2.45) is 0 Å². The molecule has 0 fully saturated rings.